The van der Waals surface area contributed by atoms with Gasteiger partial charge in [0, 0.05) is 49.0 Å². The van der Waals surface area contributed by atoms with Crippen LogP contribution in [0, 0.1) is 0 Å². The minimum absolute atomic E-state index is 0.0571. The van der Waals surface area contributed by atoms with E-state index in [9.17, 15) is 4.79 Å². The number of H-pyrrole nitrogens is 1. The number of aromatic amines is 1. The van der Waals surface area contributed by atoms with E-state index in [1.807, 2.05) is 42.5 Å². The molecule has 1 saturated heterocycles. The zero-order valence-electron chi connectivity index (χ0n) is 18.7. The molecular weight excluding hydrogens is 394 g/mol. The number of piperazine rings is 1. The fourth-order valence-electron chi connectivity index (χ4n) is 4.58. The van der Waals surface area contributed by atoms with Gasteiger partial charge in [-0.15, -0.1) is 0 Å². The maximum Gasteiger partial charge on any atom is 0.256 e. The molecule has 0 bridgehead atoms. The minimum atomic E-state index is -0.0571. The molecule has 4 aromatic rings. The Bertz CT molecular complexity index is 1270. The van der Waals surface area contributed by atoms with E-state index in [1.54, 1.807) is 0 Å². The van der Waals surface area contributed by atoms with Crippen LogP contribution in [0.3, 0.4) is 0 Å². The van der Waals surface area contributed by atoms with Crippen LogP contribution in [-0.4, -0.2) is 42.1 Å². The zero-order valence-corrected chi connectivity index (χ0v) is 18.7. The third kappa shape index (κ3) is 4.06. The highest BCUT2D eigenvalue weighted by Gasteiger charge is 2.19. The molecule has 2 heterocycles. The molecule has 0 saturated carbocycles. The van der Waals surface area contributed by atoms with Crippen LogP contribution in [0.25, 0.3) is 33.2 Å². The molecule has 4 heteroatoms. The summed E-state index contributed by atoms with van der Waals surface area (Å²) >= 11 is 0. The number of pyridine rings is 1. The number of fused-ring (bicyclic) bond motifs is 1. The van der Waals surface area contributed by atoms with Gasteiger partial charge in [0.1, 0.15) is 0 Å². The van der Waals surface area contributed by atoms with E-state index < -0.39 is 0 Å². The van der Waals surface area contributed by atoms with Crippen LogP contribution in [0.5, 0.6) is 0 Å². The summed E-state index contributed by atoms with van der Waals surface area (Å²) in [7, 11) is 0. The van der Waals surface area contributed by atoms with Crippen molar-refractivity contribution < 1.29 is 0 Å². The lowest BCUT2D eigenvalue weighted by molar-refractivity contribution is 0.209. The molecule has 32 heavy (non-hydrogen) atoms. The van der Waals surface area contributed by atoms with Gasteiger partial charge in [-0.25, -0.2) is 0 Å². The highest BCUT2D eigenvalue weighted by molar-refractivity contribution is 5.87. The van der Waals surface area contributed by atoms with E-state index in [2.05, 4.69) is 65.0 Å². The van der Waals surface area contributed by atoms with Crippen LogP contribution in [0.15, 0.2) is 83.7 Å². The Morgan fingerprint density at radius 2 is 1.44 bits per heavy atom. The van der Waals surface area contributed by atoms with Crippen molar-refractivity contribution in [1.82, 2.24) is 9.88 Å². The third-order valence-electron chi connectivity index (χ3n) is 6.54. The van der Waals surface area contributed by atoms with Crippen molar-refractivity contribution in [3.8, 4) is 22.3 Å². The number of rotatable bonds is 4. The Kier molecular flexibility index (Phi) is 5.54. The summed E-state index contributed by atoms with van der Waals surface area (Å²) in [6, 6.07) is 27.5. The lowest BCUT2D eigenvalue weighted by Crippen LogP contribution is -2.48. The molecule has 1 fully saturated rings. The summed E-state index contributed by atoms with van der Waals surface area (Å²) in [6.07, 6.45) is 0. The molecular formula is C28H29N3O. The Balaban J connectivity index is 1.41. The molecule has 0 radical (unpaired) electrons. The number of nitrogens with zero attached hydrogens (tertiary/aromatic N) is 2. The van der Waals surface area contributed by atoms with Crippen LogP contribution < -0.4 is 10.5 Å². The van der Waals surface area contributed by atoms with E-state index in [0.29, 0.717) is 11.6 Å². The van der Waals surface area contributed by atoms with Crippen molar-refractivity contribution in [1.29, 1.82) is 0 Å². The van der Waals surface area contributed by atoms with E-state index >= 15 is 0 Å². The van der Waals surface area contributed by atoms with Crippen molar-refractivity contribution in [2.24, 2.45) is 0 Å². The molecule has 1 aliphatic heterocycles. The standard InChI is InChI=1S/C28H29N3O/c1-20(2)30-14-16-31(17-15-30)25-11-8-21(9-12-25)23-10-13-27-24(18-23)19-26(28(32)29-27)22-6-4-3-5-7-22/h3-13,18-20H,14-17H2,1-2H3,(H,29,32). The summed E-state index contributed by atoms with van der Waals surface area (Å²) in [5.41, 5.74) is 6.06. The topological polar surface area (TPSA) is 39.3 Å². The van der Waals surface area contributed by atoms with Crippen molar-refractivity contribution in [2.45, 2.75) is 19.9 Å². The molecule has 162 valence electrons. The second-order valence-corrected chi connectivity index (χ2v) is 8.84. The highest BCUT2D eigenvalue weighted by Crippen LogP contribution is 2.28. The van der Waals surface area contributed by atoms with Gasteiger partial charge in [0.2, 0.25) is 0 Å². The van der Waals surface area contributed by atoms with Gasteiger partial charge in [0.05, 0.1) is 0 Å². The number of hydrogen-bond donors (Lipinski definition) is 1. The van der Waals surface area contributed by atoms with Gasteiger partial charge in [-0.3, -0.25) is 9.69 Å². The molecule has 1 N–H and O–H groups in total. The maximum absolute atomic E-state index is 12.6. The SMILES string of the molecule is CC(C)N1CCN(c2ccc(-c3ccc4[nH]c(=O)c(-c5ccccc5)cc4c3)cc2)CC1. The van der Waals surface area contributed by atoms with Gasteiger partial charge < -0.3 is 9.88 Å². The number of benzene rings is 3. The summed E-state index contributed by atoms with van der Waals surface area (Å²) in [5.74, 6) is 0. The van der Waals surface area contributed by atoms with Gasteiger partial charge in [-0.1, -0.05) is 48.5 Å². The molecule has 3 aromatic carbocycles. The Labute approximate surface area is 189 Å². The summed E-state index contributed by atoms with van der Waals surface area (Å²) in [6.45, 7) is 8.92. The first kappa shape index (κ1) is 20.5. The Morgan fingerprint density at radius 1 is 0.750 bits per heavy atom. The zero-order chi connectivity index (χ0) is 22.1. The van der Waals surface area contributed by atoms with Crippen LogP contribution in [0.2, 0.25) is 0 Å². The van der Waals surface area contributed by atoms with E-state index in [1.165, 1.54) is 11.3 Å². The summed E-state index contributed by atoms with van der Waals surface area (Å²) < 4.78 is 0. The fraction of sp³-hybridized carbons (Fsp3) is 0.250. The van der Waals surface area contributed by atoms with Crippen LogP contribution in [-0.2, 0) is 0 Å². The van der Waals surface area contributed by atoms with E-state index in [4.69, 9.17) is 0 Å². The largest absolute Gasteiger partial charge is 0.369 e. The first-order valence-corrected chi connectivity index (χ1v) is 11.4. The van der Waals surface area contributed by atoms with Crippen molar-refractivity contribution in [3.63, 3.8) is 0 Å². The van der Waals surface area contributed by atoms with Crippen LogP contribution in [0.1, 0.15) is 13.8 Å². The number of aromatic nitrogens is 1. The predicted molar refractivity (Wildman–Crippen MR) is 134 cm³/mol. The Hall–Kier alpha value is -3.37. The molecule has 0 aliphatic carbocycles. The van der Waals surface area contributed by atoms with Gasteiger partial charge in [0.15, 0.2) is 0 Å². The molecule has 4 nitrogen and oxygen atoms in total. The highest BCUT2D eigenvalue weighted by atomic mass is 16.1. The van der Waals surface area contributed by atoms with Gasteiger partial charge in [-0.05, 0) is 66.3 Å². The lowest BCUT2D eigenvalue weighted by Gasteiger charge is -2.38. The molecule has 1 aliphatic rings. The number of anilines is 1. The number of hydrogen-bond acceptors (Lipinski definition) is 3. The minimum Gasteiger partial charge on any atom is -0.369 e. The maximum atomic E-state index is 12.6. The predicted octanol–water partition coefficient (Wildman–Crippen LogP) is 5.39. The second-order valence-electron chi connectivity index (χ2n) is 8.84. The fourth-order valence-corrected chi connectivity index (χ4v) is 4.58. The average molecular weight is 424 g/mol. The van der Waals surface area contributed by atoms with Crippen LogP contribution in [0.4, 0.5) is 5.69 Å². The molecule has 0 unspecified atom stereocenters. The van der Waals surface area contributed by atoms with Gasteiger partial charge >= 0.3 is 0 Å². The van der Waals surface area contributed by atoms with Crippen molar-refractivity contribution in [3.05, 3.63) is 89.2 Å². The quantitative estimate of drug-likeness (QED) is 0.478. The summed E-state index contributed by atoms with van der Waals surface area (Å²) in [5, 5.41) is 1.04. The normalized spacial score (nSPS) is 14.9. The second kappa shape index (κ2) is 8.64. The molecule has 5 rings (SSSR count). The van der Waals surface area contributed by atoms with Crippen molar-refractivity contribution in [2.75, 3.05) is 31.1 Å². The summed E-state index contributed by atoms with van der Waals surface area (Å²) in [4.78, 5) is 20.6. The number of nitrogens with one attached hydrogen (secondary N) is 1. The molecule has 0 spiro atoms. The third-order valence-corrected chi connectivity index (χ3v) is 6.54. The van der Waals surface area contributed by atoms with E-state index in [0.717, 1.165) is 48.2 Å². The van der Waals surface area contributed by atoms with E-state index in [-0.39, 0.29) is 5.56 Å². The molecule has 0 atom stereocenters. The molecule has 1 aromatic heterocycles. The monoisotopic (exact) mass is 423 g/mol. The average Bonchev–Trinajstić information content (AvgIpc) is 2.84. The van der Waals surface area contributed by atoms with Crippen molar-refractivity contribution >= 4 is 16.6 Å². The molecule has 0 amide bonds. The van der Waals surface area contributed by atoms with Crippen LogP contribution >= 0.6 is 0 Å². The first-order chi connectivity index (χ1) is 15.6. The van der Waals surface area contributed by atoms with Gasteiger partial charge in [0.25, 0.3) is 5.56 Å². The Morgan fingerprint density at radius 3 is 2.12 bits per heavy atom. The smallest absolute Gasteiger partial charge is 0.256 e. The lowest BCUT2D eigenvalue weighted by atomic mass is 10.0. The van der Waals surface area contributed by atoms with Gasteiger partial charge in [-0.2, -0.15) is 0 Å². The first-order valence-electron chi connectivity index (χ1n) is 11.4.